The average Bonchev–Trinajstić information content (AvgIpc) is 3.01. The normalized spacial score (nSPS) is 12.7. The molecule has 0 saturated heterocycles. The molecule has 1 N–H and O–H groups in total. The predicted octanol–water partition coefficient (Wildman–Crippen LogP) is 4.79. The fourth-order valence-electron chi connectivity index (χ4n) is 2.64. The van der Waals surface area contributed by atoms with Crippen molar-refractivity contribution in [2.75, 3.05) is 7.05 Å². The molecule has 1 nitrogen and oxygen atoms in total. The Labute approximate surface area is 124 Å². The molecular weight excluding hydrogens is 262 g/mol. The zero-order chi connectivity index (χ0) is 13.8. The van der Waals surface area contributed by atoms with E-state index in [4.69, 9.17) is 0 Å². The molecule has 0 fully saturated rings. The molecule has 0 saturated carbocycles. The molecule has 102 valence electrons. The van der Waals surface area contributed by atoms with Crippen LogP contribution >= 0.6 is 11.3 Å². The standard InChI is InChI=1S/C18H19NS/c1-19-18(11-10-17-7-4-12-20-17)16-9-8-14-5-2-3-6-15(14)13-16/h2-9,12-13,18-19H,10-11H2,1H3. The third-order valence-corrected chi connectivity index (χ3v) is 4.72. The molecule has 1 heterocycles. The topological polar surface area (TPSA) is 12.0 Å². The van der Waals surface area contributed by atoms with Gasteiger partial charge in [-0.05, 0) is 53.7 Å². The number of nitrogens with one attached hydrogen (secondary N) is 1. The van der Waals surface area contributed by atoms with E-state index in [0.29, 0.717) is 6.04 Å². The van der Waals surface area contributed by atoms with Crippen molar-refractivity contribution in [2.24, 2.45) is 0 Å². The Morgan fingerprint density at radius 1 is 1.00 bits per heavy atom. The van der Waals surface area contributed by atoms with Gasteiger partial charge in [0.2, 0.25) is 0 Å². The first-order valence-electron chi connectivity index (χ1n) is 7.05. The second-order valence-electron chi connectivity index (χ2n) is 5.07. The molecule has 2 heteroatoms. The van der Waals surface area contributed by atoms with Crippen molar-refractivity contribution in [3.8, 4) is 0 Å². The molecule has 2 aromatic carbocycles. The third-order valence-electron chi connectivity index (χ3n) is 3.78. The van der Waals surface area contributed by atoms with E-state index >= 15 is 0 Å². The lowest BCUT2D eigenvalue weighted by Gasteiger charge is -2.17. The van der Waals surface area contributed by atoms with Crippen LogP contribution in [0.1, 0.15) is 22.9 Å². The molecule has 1 unspecified atom stereocenters. The van der Waals surface area contributed by atoms with Gasteiger partial charge in [0, 0.05) is 10.9 Å². The number of hydrogen-bond acceptors (Lipinski definition) is 2. The molecule has 0 aliphatic heterocycles. The maximum atomic E-state index is 3.45. The van der Waals surface area contributed by atoms with Crippen LogP contribution in [-0.4, -0.2) is 7.05 Å². The highest BCUT2D eigenvalue weighted by Gasteiger charge is 2.10. The van der Waals surface area contributed by atoms with Crippen molar-refractivity contribution in [2.45, 2.75) is 18.9 Å². The Morgan fingerprint density at radius 3 is 2.60 bits per heavy atom. The van der Waals surface area contributed by atoms with Gasteiger partial charge < -0.3 is 5.32 Å². The van der Waals surface area contributed by atoms with Gasteiger partial charge in [-0.2, -0.15) is 0 Å². The van der Waals surface area contributed by atoms with Crippen molar-refractivity contribution >= 4 is 22.1 Å². The largest absolute Gasteiger partial charge is 0.313 e. The summed E-state index contributed by atoms with van der Waals surface area (Å²) in [7, 11) is 2.05. The van der Waals surface area contributed by atoms with Gasteiger partial charge in [-0.1, -0.05) is 42.5 Å². The van der Waals surface area contributed by atoms with Gasteiger partial charge in [0.05, 0.1) is 0 Å². The predicted molar refractivity (Wildman–Crippen MR) is 88.4 cm³/mol. The van der Waals surface area contributed by atoms with Gasteiger partial charge in [-0.15, -0.1) is 11.3 Å². The van der Waals surface area contributed by atoms with Gasteiger partial charge in [0.25, 0.3) is 0 Å². The van der Waals surface area contributed by atoms with Crippen LogP contribution in [0.3, 0.4) is 0 Å². The zero-order valence-electron chi connectivity index (χ0n) is 11.7. The Morgan fingerprint density at radius 2 is 1.85 bits per heavy atom. The first-order valence-corrected chi connectivity index (χ1v) is 7.93. The van der Waals surface area contributed by atoms with Crippen LogP contribution < -0.4 is 5.32 Å². The quantitative estimate of drug-likeness (QED) is 0.708. The van der Waals surface area contributed by atoms with Crippen LogP contribution in [0, 0.1) is 0 Å². The Hall–Kier alpha value is -1.64. The van der Waals surface area contributed by atoms with Crippen LogP contribution in [0.2, 0.25) is 0 Å². The molecule has 0 aliphatic carbocycles. The highest BCUT2D eigenvalue weighted by atomic mass is 32.1. The molecular formula is C18H19NS. The number of thiophene rings is 1. The number of fused-ring (bicyclic) bond motifs is 1. The maximum absolute atomic E-state index is 3.45. The molecule has 0 aliphatic rings. The lowest BCUT2D eigenvalue weighted by molar-refractivity contribution is 0.552. The first-order chi connectivity index (χ1) is 9.86. The van der Waals surface area contributed by atoms with Crippen LogP contribution in [0.4, 0.5) is 0 Å². The van der Waals surface area contributed by atoms with Crippen molar-refractivity contribution < 1.29 is 0 Å². The van der Waals surface area contributed by atoms with Crippen molar-refractivity contribution in [1.82, 2.24) is 5.32 Å². The van der Waals surface area contributed by atoms with E-state index in [1.807, 2.05) is 18.4 Å². The Balaban J connectivity index is 1.79. The van der Waals surface area contributed by atoms with Crippen LogP contribution in [0.25, 0.3) is 10.8 Å². The minimum Gasteiger partial charge on any atom is -0.313 e. The number of rotatable bonds is 5. The zero-order valence-corrected chi connectivity index (χ0v) is 12.5. The highest BCUT2D eigenvalue weighted by molar-refractivity contribution is 7.09. The van der Waals surface area contributed by atoms with E-state index in [1.165, 1.54) is 21.2 Å². The van der Waals surface area contributed by atoms with Crippen LogP contribution in [0.15, 0.2) is 60.0 Å². The van der Waals surface area contributed by atoms with Crippen molar-refractivity contribution in [3.63, 3.8) is 0 Å². The molecule has 20 heavy (non-hydrogen) atoms. The lowest BCUT2D eigenvalue weighted by Crippen LogP contribution is -2.16. The van der Waals surface area contributed by atoms with Crippen molar-refractivity contribution in [3.05, 3.63) is 70.4 Å². The molecule has 3 aromatic rings. The van der Waals surface area contributed by atoms with Gasteiger partial charge >= 0.3 is 0 Å². The monoisotopic (exact) mass is 281 g/mol. The summed E-state index contributed by atoms with van der Waals surface area (Å²) in [4.78, 5) is 1.46. The smallest absolute Gasteiger partial charge is 0.0321 e. The highest BCUT2D eigenvalue weighted by Crippen LogP contribution is 2.24. The van der Waals surface area contributed by atoms with E-state index in [-0.39, 0.29) is 0 Å². The summed E-state index contributed by atoms with van der Waals surface area (Å²) in [5.74, 6) is 0. The van der Waals surface area contributed by atoms with E-state index < -0.39 is 0 Å². The van der Waals surface area contributed by atoms with Crippen LogP contribution in [0.5, 0.6) is 0 Å². The number of hydrogen-bond donors (Lipinski definition) is 1. The summed E-state index contributed by atoms with van der Waals surface area (Å²) in [5.41, 5.74) is 1.38. The van der Waals surface area contributed by atoms with E-state index in [0.717, 1.165) is 12.8 Å². The summed E-state index contributed by atoms with van der Waals surface area (Å²) in [6.45, 7) is 0. The Bertz CT molecular complexity index is 673. The molecule has 3 rings (SSSR count). The third kappa shape index (κ3) is 2.92. The summed E-state index contributed by atoms with van der Waals surface area (Å²) in [6, 6.07) is 20.1. The average molecular weight is 281 g/mol. The first kappa shape index (κ1) is 13.3. The SMILES string of the molecule is CNC(CCc1cccs1)c1ccc2ccccc2c1. The van der Waals surface area contributed by atoms with Gasteiger partial charge in [-0.25, -0.2) is 0 Å². The molecule has 1 aromatic heterocycles. The fraction of sp³-hybridized carbons (Fsp3) is 0.222. The molecule has 0 bridgehead atoms. The van der Waals surface area contributed by atoms with E-state index in [9.17, 15) is 0 Å². The summed E-state index contributed by atoms with van der Waals surface area (Å²) < 4.78 is 0. The van der Waals surface area contributed by atoms with Gasteiger partial charge in [0.15, 0.2) is 0 Å². The summed E-state index contributed by atoms with van der Waals surface area (Å²) in [5, 5.41) is 8.23. The van der Waals surface area contributed by atoms with Crippen LogP contribution in [-0.2, 0) is 6.42 Å². The molecule has 0 spiro atoms. The Kier molecular flexibility index (Phi) is 4.14. The van der Waals surface area contributed by atoms with Gasteiger partial charge in [-0.3, -0.25) is 0 Å². The molecule has 0 radical (unpaired) electrons. The maximum Gasteiger partial charge on any atom is 0.0321 e. The lowest BCUT2D eigenvalue weighted by atomic mass is 9.98. The molecule has 0 amide bonds. The summed E-state index contributed by atoms with van der Waals surface area (Å²) >= 11 is 1.85. The van der Waals surface area contributed by atoms with Gasteiger partial charge in [0.1, 0.15) is 0 Å². The van der Waals surface area contributed by atoms with E-state index in [2.05, 4.69) is 65.3 Å². The summed E-state index contributed by atoms with van der Waals surface area (Å²) in [6.07, 6.45) is 2.27. The second-order valence-corrected chi connectivity index (χ2v) is 6.10. The van der Waals surface area contributed by atoms with E-state index in [1.54, 1.807) is 0 Å². The molecule has 1 atom stereocenters. The second kappa shape index (κ2) is 6.21. The minimum atomic E-state index is 0.418. The number of benzene rings is 2. The minimum absolute atomic E-state index is 0.418. The van der Waals surface area contributed by atoms with Crippen molar-refractivity contribution in [1.29, 1.82) is 0 Å². The fourth-order valence-corrected chi connectivity index (χ4v) is 3.37. The number of aryl methyl sites for hydroxylation is 1.